The number of aliphatic carboxylic acids is 1. The predicted molar refractivity (Wildman–Crippen MR) is 235 cm³/mol. The quantitative estimate of drug-likeness (QED) is 0.0958. The predicted octanol–water partition coefficient (Wildman–Crippen LogP) is 8.96. The standard InChI is InChI=1S/C20H27BrN4O3.C11H12BrN3.C9H17NO4/c1-6-22-18-14-9-8-13(21)10-15(14)23-11-16(18)24-17(26)12-25(7-2)19(27)28-20(3,4)5;1-2-14-11-8-4-3-7(12)5-10(8)15-6-9(11)13;1-5-10(6-7(11)12)8(13)14-9(2,3)4/h8-11H,6-7,12H2,1-5H3,(H,22,23)(H,24,26);3-6H,2,13H2,1H3,(H,14,15);5-6H2,1-4H3,(H,11,12). The highest BCUT2D eigenvalue weighted by Gasteiger charge is 2.24. The molecule has 4 aromatic rings. The normalized spacial score (nSPS) is 10.9. The summed E-state index contributed by atoms with van der Waals surface area (Å²) in [5.74, 6) is -1.36. The van der Waals surface area contributed by atoms with Crippen LogP contribution in [0, 0.1) is 0 Å². The van der Waals surface area contributed by atoms with Crippen LogP contribution in [0.15, 0.2) is 57.7 Å². The number of pyridine rings is 2. The Morgan fingerprint density at radius 2 is 1.16 bits per heavy atom. The van der Waals surface area contributed by atoms with Crippen LogP contribution >= 0.6 is 31.9 Å². The summed E-state index contributed by atoms with van der Waals surface area (Å²) in [6.07, 6.45) is 2.20. The number of carboxylic acids is 1. The second kappa shape index (κ2) is 22.1. The van der Waals surface area contributed by atoms with Crippen molar-refractivity contribution in [3.63, 3.8) is 0 Å². The van der Waals surface area contributed by atoms with Crippen molar-refractivity contribution < 1.29 is 33.8 Å². The van der Waals surface area contributed by atoms with E-state index in [4.69, 9.17) is 20.3 Å². The maximum atomic E-state index is 12.6. The van der Waals surface area contributed by atoms with E-state index in [-0.39, 0.29) is 19.0 Å². The summed E-state index contributed by atoms with van der Waals surface area (Å²) in [5.41, 5.74) is 9.44. The van der Waals surface area contributed by atoms with Gasteiger partial charge in [0, 0.05) is 45.9 Å². The molecule has 2 heterocycles. The lowest BCUT2D eigenvalue weighted by atomic mass is 10.1. The van der Waals surface area contributed by atoms with Gasteiger partial charge in [-0.2, -0.15) is 0 Å². The van der Waals surface area contributed by atoms with E-state index in [0.29, 0.717) is 31.0 Å². The Labute approximate surface area is 351 Å². The molecule has 57 heavy (non-hydrogen) atoms. The molecule has 0 aliphatic rings. The van der Waals surface area contributed by atoms with Crippen molar-refractivity contribution in [1.82, 2.24) is 19.8 Å². The van der Waals surface area contributed by atoms with E-state index in [1.165, 1.54) is 4.90 Å². The highest BCUT2D eigenvalue weighted by Crippen LogP contribution is 2.32. The number of nitrogens with two attached hydrogens (primary N) is 1. The number of aromatic nitrogens is 2. The topological polar surface area (TPSA) is 201 Å². The van der Waals surface area contributed by atoms with Crippen LogP contribution in [0.1, 0.15) is 69.2 Å². The van der Waals surface area contributed by atoms with E-state index in [9.17, 15) is 19.2 Å². The Morgan fingerprint density at radius 1 is 0.719 bits per heavy atom. The van der Waals surface area contributed by atoms with E-state index in [1.54, 1.807) is 67.8 Å². The Bertz CT molecular complexity index is 2000. The number of fused-ring (bicyclic) bond motifs is 2. The molecule has 0 spiro atoms. The zero-order chi connectivity index (χ0) is 43.1. The molecule has 2 aromatic carbocycles. The summed E-state index contributed by atoms with van der Waals surface area (Å²) in [4.78, 5) is 57.8. The molecule has 2 aromatic heterocycles. The lowest BCUT2D eigenvalue weighted by molar-refractivity contribution is -0.138. The van der Waals surface area contributed by atoms with Crippen molar-refractivity contribution in [2.24, 2.45) is 0 Å². The van der Waals surface area contributed by atoms with Crippen molar-refractivity contribution in [2.45, 2.75) is 80.4 Å². The summed E-state index contributed by atoms with van der Waals surface area (Å²) in [7, 11) is 0. The van der Waals surface area contributed by atoms with Gasteiger partial charge in [0.1, 0.15) is 24.3 Å². The van der Waals surface area contributed by atoms with Crippen LogP contribution in [-0.2, 0) is 19.1 Å². The molecule has 0 aliphatic heterocycles. The molecule has 0 radical (unpaired) electrons. The van der Waals surface area contributed by atoms with Gasteiger partial charge in [-0.3, -0.25) is 29.4 Å². The lowest BCUT2D eigenvalue weighted by Crippen LogP contribution is -2.41. The molecular weight excluding hydrogens is 864 g/mol. The minimum Gasteiger partial charge on any atom is -0.480 e. The molecule has 0 aliphatic carbocycles. The average molecular weight is 921 g/mol. The summed E-state index contributed by atoms with van der Waals surface area (Å²) in [6.45, 7) is 19.9. The summed E-state index contributed by atoms with van der Waals surface area (Å²) in [5, 5.41) is 19.9. The van der Waals surface area contributed by atoms with Crippen LogP contribution in [0.2, 0.25) is 0 Å². The number of hydrogen-bond acceptors (Lipinski definition) is 11. The Morgan fingerprint density at radius 3 is 1.60 bits per heavy atom. The fraction of sp³-hybridized carbons (Fsp3) is 0.450. The Hall–Kier alpha value is -4.90. The second-order valence-corrected chi connectivity index (χ2v) is 16.3. The number of nitrogens with zero attached hydrogens (tertiary/aromatic N) is 4. The number of carbonyl (C=O) groups is 4. The number of nitrogen functional groups attached to an aromatic ring is 1. The first-order valence-corrected chi connectivity index (χ1v) is 20.1. The third kappa shape index (κ3) is 16.2. The number of hydrogen-bond donors (Lipinski definition) is 5. The number of halogens is 2. The Balaban J connectivity index is 0.000000325. The monoisotopic (exact) mass is 918 g/mol. The van der Waals surface area contributed by atoms with E-state index >= 15 is 0 Å². The average Bonchev–Trinajstić information content (AvgIpc) is 3.10. The van der Waals surface area contributed by atoms with E-state index in [1.807, 2.05) is 50.2 Å². The molecule has 15 nitrogen and oxygen atoms in total. The molecule has 0 bridgehead atoms. The molecule has 0 saturated carbocycles. The first-order valence-electron chi connectivity index (χ1n) is 18.5. The first kappa shape index (κ1) is 48.2. The van der Waals surface area contributed by atoms with Crippen LogP contribution in [-0.4, -0.2) is 99.4 Å². The molecule has 6 N–H and O–H groups in total. The van der Waals surface area contributed by atoms with Gasteiger partial charge in [-0.05, 0) is 106 Å². The first-order chi connectivity index (χ1) is 26.6. The van der Waals surface area contributed by atoms with Gasteiger partial charge in [-0.15, -0.1) is 0 Å². The van der Waals surface area contributed by atoms with Crippen molar-refractivity contribution >= 4 is 100 Å². The van der Waals surface area contributed by atoms with Gasteiger partial charge in [0.25, 0.3) is 0 Å². The number of nitrogens with one attached hydrogen (secondary N) is 3. The zero-order valence-corrected chi connectivity index (χ0v) is 37.6. The molecule has 0 fully saturated rings. The van der Waals surface area contributed by atoms with Gasteiger partial charge in [0.15, 0.2) is 0 Å². The number of carbonyl (C=O) groups excluding carboxylic acids is 3. The second-order valence-electron chi connectivity index (χ2n) is 14.4. The third-order valence-corrected chi connectivity index (χ3v) is 8.39. The van der Waals surface area contributed by atoms with Gasteiger partial charge in [-0.1, -0.05) is 31.9 Å². The largest absolute Gasteiger partial charge is 0.480 e. The van der Waals surface area contributed by atoms with E-state index < -0.39 is 29.4 Å². The molecule has 17 heteroatoms. The van der Waals surface area contributed by atoms with Crippen molar-refractivity contribution in [1.29, 1.82) is 0 Å². The molecule has 3 amide bonds. The Kier molecular flexibility index (Phi) is 18.7. The van der Waals surface area contributed by atoms with Gasteiger partial charge in [0.05, 0.1) is 46.2 Å². The number of anilines is 4. The van der Waals surface area contributed by atoms with Crippen LogP contribution in [0.4, 0.5) is 32.3 Å². The number of amides is 3. The maximum Gasteiger partial charge on any atom is 0.410 e. The lowest BCUT2D eigenvalue weighted by Gasteiger charge is -2.26. The number of ether oxygens (including phenoxy) is 2. The molecule has 4 rings (SSSR count). The van der Waals surface area contributed by atoms with Crippen molar-refractivity contribution in [3.8, 4) is 0 Å². The molecule has 0 atom stereocenters. The van der Waals surface area contributed by atoms with Gasteiger partial charge in [-0.25, -0.2) is 9.59 Å². The molecule has 312 valence electrons. The third-order valence-electron chi connectivity index (χ3n) is 7.40. The van der Waals surface area contributed by atoms with Crippen molar-refractivity contribution in [3.05, 3.63) is 57.7 Å². The van der Waals surface area contributed by atoms with Gasteiger partial charge in [0.2, 0.25) is 5.91 Å². The molecule has 0 unspecified atom stereocenters. The highest BCUT2D eigenvalue weighted by molar-refractivity contribution is 9.10. The minimum absolute atomic E-state index is 0.102. The number of rotatable bonds is 11. The van der Waals surface area contributed by atoms with Crippen molar-refractivity contribution in [2.75, 3.05) is 61.0 Å². The van der Waals surface area contributed by atoms with Crippen LogP contribution in [0.3, 0.4) is 0 Å². The number of carboxylic acid groups (broad SMARTS) is 1. The van der Waals surface area contributed by atoms with Gasteiger partial charge < -0.3 is 36.3 Å². The van der Waals surface area contributed by atoms with Crippen LogP contribution < -0.4 is 21.7 Å². The number of likely N-dealkylation sites (N-methyl/N-ethyl adjacent to an activating group) is 2. The highest BCUT2D eigenvalue weighted by atomic mass is 79.9. The molecular formula is C40H56Br2N8O7. The molecule has 0 saturated heterocycles. The summed E-state index contributed by atoms with van der Waals surface area (Å²) in [6, 6.07) is 11.8. The SMILES string of the molecule is CCN(CC(=O)O)C(=O)OC(C)(C)C.CCNc1c(N)cnc2cc(Br)ccc12.CCNc1c(NC(=O)CN(CC)C(=O)OC(C)(C)C)cnc2cc(Br)ccc12. The van der Waals surface area contributed by atoms with E-state index in [0.717, 1.165) is 53.6 Å². The number of benzene rings is 2. The zero-order valence-electron chi connectivity index (χ0n) is 34.4. The summed E-state index contributed by atoms with van der Waals surface area (Å²) >= 11 is 6.87. The van der Waals surface area contributed by atoms with E-state index in [2.05, 4.69) is 57.8 Å². The van der Waals surface area contributed by atoms with Gasteiger partial charge >= 0.3 is 18.2 Å². The minimum atomic E-state index is -1.04. The smallest absolute Gasteiger partial charge is 0.410 e. The van der Waals surface area contributed by atoms with Crippen LogP contribution in [0.25, 0.3) is 21.8 Å². The maximum absolute atomic E-state index is 12.6. The fourth-order valence-corrected chi connectivity index (χ4v) is 5.67. The fourth-order valence-electron chi connectivity index (χ4n) is 4.98. The summed E-state index contributed by atoms with van der Waals surface area (Å²) < 4.78 is 12.3. The van der Waals surface area contributed by atoms with Crippen LogP contribution in [0.5, 0.6) is 0 Å².